The zero-order chi connectivity index (χ0) is 12.6. The van der Waals surface area contributed by atoms with E-state index in [1.54, 1.807) is 0 Å². The number of halogens is 1. The Kier molecular flexibility index (Phi) is 3.31. The predicted molar refractivity (Wildman–Crippen MR) is 66.9 cm³/mol. The Morgan fingerprint density at radius 2 is 1.59 bits per heavy atom. The number of ether oxygens (including phenoxy) is 1. The van der Waals surface area contributed by atoms with Gasteiger partial charge in [0.15, 0.2) is 0 Å². The van der Waals surface area contributed by atoms with E-state index in [-0.39, 0.29) is 25.0 Å². The summed E-state index contributed by atoms with van der Waals surface area (Å²) in [6.07, 6.45) is 0. The van der Waals surface area contributed by atoms with E-state index in [2.05, 4.69) is 15.9 Å². The van der Waals surface area contributed by atoms with Crippen LogP contribution in [0.2, 0.25) is 0 Å². The molecule has 1 aliphatic heterocycles. The molecule has 4 nitrogen and oxygen atoms in total. The number of hydrogen-bond acceptors (Lipinski definition) is 3. The van der Waals surface area contributed by atoms with E-state index in [0.717, 1.165) is 15.6 Å². The van der Waals surface area contributed by atoms with Crippen LogP contribution in [0.5, 0.6) is 0 Å². The lowest BCUT2D eigenvalue weighted by molar-refractivity contribution is -0.138. The second kappa shape index (κ2) is 4.58. The minimum atomic E-state index is -0.310. The number of carbonyl (C=O) groups is 2. The van der Waals surface area contributed by atoms with Crippen molar-refractivity contribution in [3.63, 3.8) is 0 Å². The van der Waals surface area contributed by atoms with Crippen LogP contribution < -0.4 is 4.90 Å². The number of nitrogens with zero attached hydrogens (tertiary/aromatic N) is 1. The molecule has 1 saturated heterocycles. The maximum atomic E-state index is 11.8. The van der Waals surface area contributed by atoms with Crippen LogP contribution in [0, 0.1) is 13.8 Å². The first-order valence-corrected chi connectivity index (χ1v) is 6.00. The summed E-state index contributed by atoms with van der Waals surface area (Å²) in [5.74, 6) is -0.621. The van der Waals surface area contributed by atoms with Gasteiger partial charge in [0.05, 0.1) is 5.69 Å². The minimum absolute atomic E-state index is 0.0410. The Hall–Kier alpha value is -1.20. The molecule has 0 aliphatic carbocycles. The van der Waals surface area contributed by atoms with Gasteiger partial charge in [0.2, 0.25) is 0 Å². The Labute approximate surface area is 108 Å². The molecule has 1 heterocycles. The zero-order valence-electron chi connectivity index (χ0n) is 9.62. The van der Waals surface area contributed by atoms with Gasteiger partial charge in [-0.1, -0.05) is 15.9 Å². The number of morpholine rings is 1. The predicted octanol–water partition coefficient (Wildman–Crippen LogP) is 1.96. The van der Waals surface area contributed by atoms with E-state index in [1.807, 2.05) is 26.0 Å². The zero-order valence-corrected chi connectivity index (χ0v) is 11.2. The summed E-state index contributed by atoms with van der Waals surface area (Å²) in [4.78, 5) is 24.7. The smallest absolute Gasteiger partial charge is 0.259 e. The van der Waals surface area contributed by atoms with E-state index in [0.29, 0.717) is 5.69 Å². The fraction of sp³-hybridized carbons (Fsp3) is 0.333. The lowest BCUT2D eigenvalue weighted by atomic mass is 10.1. The summed E-state index contributed by atoms with van der Waals surface area (Å²) in [6.45, 7) is 3.67. The van der Waals surface area contributed by atoms with E-state index < -0.39 is 0 Å². The highest BCUT2D eigenvalue weighted by Gasteiger charge is 2.30. The molecule has 0 spiro atoms. The fourth-order valence-electron chi connectivity index (χ4n) is 2.00. The van der Waals surface area contributed by atoms with Crippen molar-refractivity contribution >= 4 is 33.4 Å². The molecule has 2 amide bonds. The third-order valence-corrected chi connectivity index (χ3v) is 3.09. The molecule has 0 atom stereocenters. The van der Waals surface area contributed by atoms with Crippen LogP contribution >= 0.6 is 15.9 Å². The van der Waals surface area contributed by atoms with Gasteiger partial charge in [-0.15, -0.1) is 0 Å². The maximum Gasteiger partial charge on any atom is 0.259 e. The van der Waals surface area contributed by atoms with Crippen molar-refractivity contribution in [2.24, 2.45) is 0 Å². The van der Waals surface area contributed by atoms with Gasteiger partial charge in [-0.2, -0.15) is 0 Å². The largest absolute Gasteiger partial charge is 0.362 e. The van der Waals surface area contributed by atoms with Gasteiger partial charge < -0.3 is 4.74 Å². The Morgan fingerprint density at radius 3 is 2.06 bits per heavy atom. The van der Waals surface area contributed by atoms with Crippen LogP contribution in [0.15, 0.2) is 16.6 Å². The number of benzene rings is 1. The summed E-state index contributed by atoms with van der Waals surface area (Å²) in [5, 5.41) is 0. The second-order valence-electron chi connectivity index (χ2n) is 4.00. The van der Waals surface area contributed by atoms with Gasteiger partial charge >= 0.3 is 0 Å². The molecule has 1 fully saturated rings. The molecule has 2 rings (SSSR count). The first-order chi connectivity index (χ1) is 8.00. The molecule has 5 heteroatoms. The van der Waals surface area contributed by atoms with Gasteiger partial charge in [0, 0.05) is 4.47 Å². The third kappa shape index (κ3) is 2.25. The number of amides is 2. The summed E-state index contributed by atoms with van der Waals surface area (Å²) in [6, 6.07) is 3.77. The highest BCUT2D eigenvalue weighted by molar-refractivity contribution is 9.10. The molecule has 0 unspecified atom stereocenters. The molecule has 0 aromatic heterocycles. The number of aryl methyl sites for hydroxylation is 2. The van der Waals surface area contributed by atoms with Crippen LogP contribution in [0.1, 0.15) is 11.1 Å². The van der Waals surface area contributed by atoms with Gasteiger partial charge in [-0.3, -0.25) is 9.59 Å². The van der Waals surface area contributed by atoms with Crippen LogP contribution in [0.3, 0.4) is 0 Å². The van der Waals surface area contributed by atoms with Gasteiger partial charge in [-0.25, -0.2) is 4.90 Å². The molecular weight excluding hydrogens is 286 g/mol. The molecule has 1 aliphatic rings. The van der Waals surface area contributed by atoms with Crippen LogP contribution in [0.4, 0.5) is 5.69 Å². The van der Waals surface area contributed by atoms with Gasteiger partial charge in [0.1, 0.15) is 13.2 Å². The number of rotatable bonds is 1. The number of anilines is 1. The van der Waals surface area contributed by atoms with E-state index >= 15 is 0 Å². The highest BCUT2D eigenvalue weighted by atomic mass is 79.9. The molecule has 0 bridgehead atoms. The van der Waals surface area contributed by atoms with E-state index in [1.165, 1.54) is 4.90 Å². The van der Waals surface area contributed by atoms with Crippen LogP contribution in [0.25, 0.3) is 0 Å². The SMILES string of the molecule is Cc1cc(Br)cc(C)c1N1C(=O)COCC1=O. The molecule has 1 aromatic carbocycles. The number of hydrogen-bond donors (Lipinski definition) is 0. The van der Waals surface area contributed by atoms with Crippen molar-refractivity contribution < 1.29 is 14.3 Å². The molecular formula is C12H12BrNO3. The average molecular weight is 298 g/mol. The fourth-order valence-corrected chi connectivity index (χ4v) is 2.69. The third-order valence-electron chi connectivity index (χ3n) is 2.63. The Balaban J connectivity index is 2.52. The van der Waals surface area contributed by atoms with Crippen molar-refractivity contribution in [3.8, 4) is 0 Å². The summed E-state index contributed by atoms with van der Waals surface area (Å²) < 4.78 is 5.83. The maximum absolute atomic E-state index is 11.8. The van der Waals surface area contributed by atoms with Gasteiger partial charge in [0.25, 0.3) is 11.8 Å². The van der Waals surface area contributed by atoms with Crippen molar-refractivity contribution in [1.82, 2.24) is 0 Å². The van der Waals surface area contributed by atoms with E-state index in [4.69, 9.17) is 4.74 Å². The topological polar surface area (TPSA) is 46.6 Å². The molecule has 0 radical (unpaired) electrons. The quantitative estimate of drug-likeness (QED) is 0.745. The number of imide groups is 1. The first kappa shape index (κ1) is 12.3. The normalized spacial score (nSPS) is 16.5. The van der Waals surface area contributed by atoms with Crippen molar-refractivity contribution in [1.29, 1.82) is 0 Å². The standard InChI is InChI=1S/C12H12BrNO3/c1-7-3-9(13)4-8(2)12(7)14-10(15)5-17-6-11(14)16/h3-4H,5-6H2,1-2H3. The van der Waals surface area contributed by atoms with Crippen molar-refractivity contribution in [2.45, 2.75) is 13.8 Å². The Bertz CT molecular complexity index is 460. The van der Waals surface area contributed by atoms with Crippen LogP contribution in [-0.4, -0.2) is 25.0 Å². The minimum Gasteiger partial charge on any atom is -0.362 e. The first-order valence-electron chi connectivity index (χ1n) is 5.21. The lowest BCUT2D eigenvalue weighted by Gasteiger charge is -2.27. The summed E-state index contributed by atoms with van der Waals surface area (Å²) >= 11 is 3.39. The lowest BCUT2D eigenvalue weighted by Crippen LogP contribution is -2.47. The van der Waals surface area contributed by atoms with Gasteiger partial charge in [-0.05, 0) is 37.1 Å². The molecule has 0 saturated carbocycles. The van der Waals surface area contributed by atoms with Crippen molar-refractivity contribution in [3.05, 3.63) is 27.7 Å². The second-order valence-corrected chi connectivity index (χ2v) is 4.92. The summed E-state index contributed by atoms with van der Waals surface area (Å²) in [5.41, 5.74) is 2.45. The molecule has 90 valence electrons. The van der Waals surface area contributed by atoms with Crippen molar-refractivity contribution in [2.75, 3.05) is 18.1 Å². The van der Waals surface area contributed by atoms with E-state index in [9.17, 15) is 9.59 Å². The average Bonchev–Trinajstić information content (AvgIpc) is 2.21. The number of carbonyl (C=O) groups excluding carboxylic acids is 2. The van der Waals surface area contributed by atoms with Crippen LogP contribution in [-0.2, 0) is 14.3 Å². The summed E-state index contributed by atoms with van der Waals surface area (Å²) in [7, 11) is 0. The molecule has 0 N–H and O–H groups in total. The highest BCUT2D eigenvalue weighted by Crippen LogP contribution is 2.29. The Morgan fingerprint density at radius 1 is 1.12 bits per heavy atom. The molecule has 17 heavy (non-hydrogen) atoms. The monoisotopic (exact) mass is 297 g/mol. The molecule has 1 aromatic rings.